The van der Waals surface area contributed by atoms with Crippen LogP contribution < -0.4 is 10.4 Å². The molecule has 1 N–H and O–H groups in total. The Morgan fingerprint density at radius 1 is 1.35 bits per heavy atom. The van der Waals surface area contributed by atoms with E-state index >= 15 is 0 Å². The molecule has 1 atom stereocenters. The van der Waals surface area contributed by atoms with E-state index in [1.807, 2.05) is 13.8 Å². The summed E-state index contributed by atoms with van der Waals surface area (Å²) in [6, 6.07) is 6.86. The maximum absolute atomic E-state index is 13.0. The molecular formula is C23H22FNO5S. The molecule has 3 aromatic rings. The number of thiazole rings is 1. The van der Waals surface area contributed by atoms with Crippen LogP contribution >= 0.6 is 11.3 Å². The Morgan fingerprint density at radius 3 is 2.65 bits per heavy atom. The third-order valence-corrected chi connectivity index (χ3v) is 5.79. The smallest absolute Gasteiger partial charge is 0.351 e. The molecule has 31 heavy (non-hydrogen) atoms. The number of carbonyl (C=O) groups is 1. The standard InChI is InChI=1S/C23H22FNO5S/c1-5-12(2)18-11-17(26)20(22(28)30-18)21(27)13(3)10-19-14(4)25-23(31-19)29-16-8-6-15(24)7-9-16/h6-12,26H,5H2,1-4H3/b13-10+. The summed E-state index contributed by atoms with van der Waals surface area (Å²) in [5, 5.41) is 10.6. The molecule has 0 aliphatic heterocycles. The Bertz CT molecular complexity index is 1190. The summed E-state index contributed by atoms with van der Waals surface area (Å²) < 4.78 is 23.9. The minimum Gasteiger partial charge on any atom is -0.507 e. The number of ether oxygens (including phenoxy) is 1. The average Bonchev–Trinajstić information content (AvgIpc) is 3.06. The van der Waals surface area contributed by atoms with E-state index in [1.165, 1.54) is 41.7 Å². The average molecular weight is 443 g/mol. The molecule has 0 fully saturated rings. The SMILES string of the molecule is CCC(C)c1cc(O)c(C(=O)/C(C)=C/c2sc(Oc3ccc(F)cc3)nc2C)c(=O)o1. The number of ketones is 1. The van der Waals surface area contributed by atoms with Crippen molar-refractivity contribution < 1.29 is 23.4 Å². The number of hydrogen-bond acceptors (Lipinski definition) is 7. The highest BCUT2D eigenvalue weighted by Crippen LogP contribution is 2.31. The minimum atomic E-state index is -0.866. The zero-order valence-corrected chi connectivity index (χ0v) is 18.4. The zero-order valence-electron chi connectivity index (χ0n) is 17.6. The van der Waals surface area contributed by atoms with Crippen LogP contribution in [0, 0.1) is 12.7 Å². The van der Waals surface area contributed by atoms with Crippen molar-refractivity contribution in [2.45, 2.75) is 40.0 Å². The Kier molecular flexibility index (Phi) is 6.70. The number of carbonyl (C=O) groups excluding carboxylic acids is 1. The van der Waals surface area contributed by atoms with Crippen LogP contribution in [0.5, 0.6) is 16.7 Å². The van der Waals surface area contributed by atoms with Crippen LogP contribution in [0.25, 0.3) is 6.08 Å². The van der Waals surface area contributed by atoms with Crippen LogP contribution in [0.1, 0.15) is 59.8 Å². The van der Waals surface area contributed by atoms with Gasteiger partial charge in [0.25, 0.3) is 5.19 Å². The van der Waals surface area contributed by atoms with E-state index < -0.39 is 22.7 Å². The number of Topliss-reactive ketones (excluding diaryl/α,β-unsaturated/α-hetero) is 1. The normalized spacial score (nSPS) is 12.6. The van der Waals surface area contributed by atoms with E-state index in [-0.39, 0.29) is 17.3 Å². The summed E-state index contributed by atoms with van der Waals surface area (Å²) in [5.41, 5.74) is -0.406. The fraction of sp³-hybridized carbons (Fsp3) is 0.261. The lowest BCUT2D eigenvalue weighted by Crippen LogP contribution is -2.16. The second-order valence-electron chi connectivity index (χ2n) is 7.15. The maximum Gasteiger partial charge on any atom is 0.351 e. The van der Waals surface area contributed by atoms with Crippen molar-refractivity contribution in [3.05, 3.63) is 74.0 Å². The van der Waals surface area contributed by atoms with E-state index in [0.717, 1.165) is 6.42 Å². The van der Waals surface area contributed by atoms with Gasteiger partial charge in [-0.25, -0.2) is 14.2 Å². The minimum absolute atomic E-state index is 0.0567. The molecule has 0 aliphatic rings. The molecule has 0 radical (unpaired) electrons. The molecule has 0 amide bonds. The second kappa shape index (κ2) is 9.26. The van der Waals surface area contributed by atoms with Gasteiger partial charge in [-0.05, 0) is 56.2 Å². The van der Waals surface area contributed by atoms with E-state index in [9.17, 15) is 19.1 Å². The first-order valence-electron chi connectivity index (χ1n) is 9.70. The number of halogens is 1. The number of aromatic hydroxyl groups is 1. The van der Waals surface area contributed by atoms with Crippen LogP contribution in [-0.2, 0) is 0 Å². The highest BCUT2D eigenvalue weighted by molar-refractivity contribution is 7.14. The van der Waals surface area contributed by atoms with Gasteiger partial charge in [-0.2, -0.15) is 0 Å². The zero-order chi connectivity index (χ0) is 22.7. The number of benzene rings is 1. The summed E-state index contributed by atoms with van der Waals surface area (Å²) in [4.78, 5) is 30.1. The van der Waals surface area contributed by atoms with Crippen LogP contribution in [0.4, 0.5) is 4.39 Å². The predicted octanol–water partition coefficient (Wildman–Crippen LogP) is 5.84. The van der Waals surface area contributed by atoms with Gasteiger partial charge in [0.15, 0.2) is 5.78 Å². The van der Waals surface area contributed by atoms with Gasteiger partial charge < -0.3 is 14.3 Å². The van der Waals surface area contributed by atoms with Crippen molar-refractivity contribution in [2.75, 3.05) is 0 Å². The highest BCUT2D eigenvalue weighted by atomic mass is 32.1. The lowest BCUT2D eigenvalue weighted by atomic mass is 10.0. The van der Waals surface area contributed by atoms with E-state index in [1.54, 1.807) is 19.9 Å². The van der Waals surface area contributed by atoms with Crippen molar-refractivity contribution in [2.24, 2.45) is 0 Å². The third kappa shape index (κ3) is 5.08. The molecule has 6 nitrogen and oxygen atoms in total. The summed E-state index contributed by atoms with van der Waals surface area (Å²) >= 11 is 1.20. The fourth-order valence-corrected chi connectivity index (χ4v) is 3.71. The van der Waals surface area contributed by atoms with Crippen LogP contribution in [0.3, 0.4) is 0 Å². The summed E-state index contributed by atoms with van der Waals surface area (Å²) in [6.45, 7) is 7.09. The third-order valence-electron chi connectivity index (χ3n) is 4.81. The van der Waals surface area contributed by atoms with Gasteiger partial charge >= 0.3 is 5.63 Å². The molecule has 3 rings (SSSR count). The van der Waals surface area contributed by atoms with Crippen molar-refractivity contribution in [1.29, 1.82) is 0 Å². The number of aryl methyl sites for hydroxylation is 1. The van der Waals surface area contributed by atoms with Crippen molar-refractivity contribution in [1.82, 2.24) is 4.98 Å². The highest BCUT2D eigenvalue weighted by Gasteiger charge is 2.22. The molecule has 0 bridgehead atoms. The molecular weight excluding hydrogens is 421 g/mol. The van der Waals surface area contributed by atoms with Crippen LogP contribution in [0.2, 0.25) is 0 Å². The van der Waals surface area contributed by atoms with Crippen molar-refractivity contribution >= 4 is 23.2 Å². The number of aromatic nitrogens is 1. The van der Waals surface area contributed by atoms with E-state index in [4.69, 9.17) is 9.15 Å². The van der Waals surface area contributed by atoms with Crippen molar-refractivity contribution in [3.8, 4) is 16.7 Å². The summed E-state index contributed by atoms with van der Waals surface area (Å²) in [7, 11) is 0. The summed E-state index contributed by atoms with van der Waals surface area (Å²) in [6.07, 6.45) is 2.30. The van der Waals surface area contributed by atoms with Gasteiger partial charge in [0.05, 0.1) is 10.6 Å². The first kappa shape index (κ1) is 22.4. The molecule has 0 saturated carbocycles. The molecule has 0 saturated heterocycles. The van der Waals surface area contributed by atoms with Crippen molar-refractivity contribution in [3.63, 3.8) is 0 Å². The van der Waals surface area contributed by atoms with Gasteiger partial charge in [-0.1, -0.05) is 25.2 Å². The molecule has 2 heterocycles. The number of rotatable bonds is 7. The Hall–Kier alpha value is -3.26. The molecule has 162 valence electrons. The Morgan fingerprint density at radius 2 is 2.03 bits per heavy atom. The summed E-state index contributed by atoms with van der Waals surface area (Å²) in [5.74, 6) is -0.683. The number of nitrogens with zero attached hydrogens (tertiary/aromatic N) is 1. The largest absolute Gasteiger partial charge is 0.507 e. The molecule has 0 spiro atoms. The lowest BCUT2D eigenvalue weighted by molar-refractivity contribution is 0.102. The molecule has 8 heteroatoms. The van der Waals surface area contributed by atoms with E-state index in [2.05, 4.69) is 4.98 Å². The van der Waals surface area contributed by atoms with Gasteiger partial charge in [-0.15, -0.1) is 0 Å². The van der Waals surface area contributed by atoms with Gasteiger partial charge in [0.2, 0.25) is 0 Å². The van der Waals surface area contributed by atoms with Crippen LogP contribution in [0.15, 0.2) is 45.1 Å². The topological polar surface area (TPSA) is 89.6 Å². The number of hydrogen-bond donors (Lipinski definition) is 1. The molecule has 1 unspecified atom stereocenters. The van der Waals surface area contributed by atoms with E-state index in [0.29, 0.717) is 27.3 Å². The fourth-order valence-electron chi connectivity index (χ4n) is 2.78. The molecule has 1 aromatic carbocycles. The maximum atomic E-state index is 13.0. The number of allylic oxidation sites excluding steroid dienone is 1. The van der Waals surface area contributed by atoms with Crippen LogP contribution in [-0.4, -0.2) is 15.9 Å². The van der Waals surface area contributed by atoms with Gasteiger partial charge in [0, 0.05) is 12.0 Å². The first-order valence-corrected chi connectivity index (χ1v) is 10.5. The first-order chi connectivity index (χ1) is 14.7. The van der Waals surface area contributed by atoms with Gasteiger partial charge in [0.1, 0.15) is 28.6 Å². The lowest BCUT2D eigenvalue weighted by Gasteiger charge is -2.09. The Labute approximate surface area is 182 Å². The second-order valence-corrected chi connectivity index (χ2v) is 8.14. The molecule has 0 aliphatic carbocycles. The molecule has 2 aromatic heterocycles. The van der Waals surface area contributed by atoms with Gasteiger partial charge in [-0.3, -0.25) is 4.79 Å². The monoisotopic (exact) mass is 443 g/mol. The quantitative estimate of drug-likeness (QED) is 0.364. The Balaban J connectivity index is 1.86. The predicted molar refractivity (Wildman–Crippen MR) is 117 cm³/mol.